The zero-order valence-electron chi connectivity index (χ0n) is 16.8. The Bertz CT molecular complexity index is 1380. The van der Waals surface area contributed by atoms with Crippen LogP contribution < -0.4 is 0 Å². The number of fused-ring (bicyclic) bond motifs is 4. The van der Waals surface area contributed by atoms with Crippen molar-refractivity contribution >= 4 is 28.3 Å². The Balaban J connectivity index is 1.90. The first kappa shape index (κ1) is 18.1. The van der Waals surface area contributed by atoms with Gasteiger partial charge in [-0.05, 0) is 38.5 Å². The highest BCUT2D eigenvalue weighted by atomic mass is 16.1. The molecule has 2 aromatic heterocycles. The van der Waals surface area contributed by atoms with Gasteiger partial charge in [0.2, 0.25) is 0 Å². The third-order valence-corrected chi connectivity index (χ3v) is 5.31. The highest BCUT2D eigenvalue weighted by Gasteiger charge is 2.33. The van der Waals surface area contributed by atoms with Crippen molar-refractivity contribution in [2.45, 2.75) is 20.8 Å². The lowest BCUT2D eigenvalue weighted by Gasteiger charge is -2.07. The molecule has 6 heteroatoms. The van der Waals surface area contributed by atoms with E-state index in [1.54, 1.807) is 4.68 Å². The predicted octanol–water partition coefficient (Wildman–Crippen LogP) is 4.08. The molecule has 30 heavy (non-hydrogen) atoms. The SMILES string of the molecule is CC(=O)C(C(C)=O)=C1c2ccccc2-c2nc3c(nc21)c(C)nn3-c1ccccc1. The van der Waals surface area contributed by atoms with Crippen LogP contribution in [0.3, 0.4) is 0 Å². The van der Waals surface area contributed by atoms with Gasteiger partial charge in [0.15, 0.2) is 17.2 Å². The van der Waals surface area contributed by atoms with Crippen molar-refractivity contribution in [1.82, 2.24) is 19.7 Å². The number of hydrogen-bond donors (Lipinski definition) is 0. The number of para-hydroxylation sites is 1. The second-order valence-electron chi connectivity index (χ2n) is 7.33. The molecule has 5 rings (SSSR count). The summed E-state index contributed by atoms with van der Waals surface area (Å²) in [5.41, 5.74) is 6.49. The molecule has 0 unspecified atom stereocenters. The Morgan fingerprint density at radius 3 is 2.10 bits per heavy atom. The number of aryl methyl sites for hydroxylation is 1. The maximum atomic E-state index is 12.4. The van der Waals surface area contributed by atoms with Crippen molar-refractivity contribution < 1.29 is 9.59 Å². The number of aromatic nitrogens is 4. The fraction of sp³-hybridized carbons (Fsp3) is 0.125. The second kappa shape index (κ2) is 6.56. The van der Waals surface area contributed by atoms with Crippen molar-refractivity contribution in [3.63, 3.8) is 0 Å². The van der Waals surface area contributed by atoms with Crippen LogP contribution in [-0.4, -0.2) is 31.3 Å². The summed E-state index contributed by atoms with van der Waals surface area (Å²) in [4.78, 5) is 34.5. The van der Waals surface area contributed by atoms with Crippen LogP contribution in [0.1, 0.15) is 30.8 Å². The van der Waals surface area contributed by atoms with E-state index < -0.39 is 0 Å². The standard InChI is InChI=1S/C24H18N4O2/c1-13-21-24(28(27-13)16-9-5-4-6-10-16)26-22-18-12-8-7-11-17(18)20(23(22)25-21)19(14(2)29)15(3)30/h4-12H,1-3H3. The molecule has 0 fully saturated rings. The van der Waals surface area contributed by atoms with Crippen molar-refractivity contribution in [3.05, 3.63) is 77.1 Å². The van der Waals surface area contributed by atoms with Crippen LogP contribution in [0.25, 0.3) is 33.7 Å². The minimum absolute atomic E-state index is 0.156. The van der Waals surface area contributed by atoms with E-state index in [1.165, 1.54) is 13.8 Å². The molecule has 4 aromatic rings. The van der Waals surface area contributed by atoms with Crippen LogP contribution in [0.4, 0.5) is 0 Å². The molecule has 0 radical (unpaired) electrons. The van der Waals surface area contributed by atoms with E-state index in [4.69, 9.17) is 9.97 Å². The number of carbonyl (C=O) groups excluding carboxylic acids is 2. The highest BCUT2D eigenvalue weighted by Crippen LogP contribution is 2.44. The number of hydrogen-bond acceptors (Lipinski definition) is 5. The van der Waals surface area contributed by atoms with Crippen molar-refractivity contribution in [2.24, 2.45) is 0 Å². The fourth-order valence-corrected chi connectivity index (χ4v) is 4.06. The van der Waals surface area contributed by atoms with Crippen molar-refractivity contribution in [3.8, 4) is 16.9 Å². The van der Waals surface area contributed by atoms with Gasteiger partial charge >= 0.3 is 0 Å². The van der Waals surface area contributed by atoms with E-state index in [-0.39, 0.29) is 17.1 Å². The maximum Gasteiger partial charge on any atom is 0.182 e. The minimum Gasteiger partial charge on any atom is -0.294 e. The molecule has 1 aliphatic carbocycles. The number of carbonyl (C=O) groups is 2. The normalized spacial score (nSPS) is 12.0. The average Bonchev–Trinajstić information content (AvgIpc) is 3.22. The molecule has 0 bridgehead atoms. The Kier molecular flexibility index (Phi) is 3.96. The molecule has 6 nitrogen and oxygen atoms in total. The topological polar surface area (TPSA) is 77.7 Å². The molecule has 1 aliphatic rings. The number of rotatable bonds is 3. The number of Topliss-reactive ketones (excluding diaryl/α,β-unsaturated/α-hetero) is 2. The maximum absolute atomic E-state index is 12.4. The number of allylic oxidation sites excluding steroid dienone is 1. The summed E-state index contributed by atoms with van der Waals surface area (Å²) in [7, 11) is 0. The third-order valence-electron chi connectivity index (χ3n) is 5.31. The first-order valence-corrected chi connectivity index (χ1v) is 9.66. The van der Waals surface area contributed by atoms with Gasteiger partial charge in [-0.25, -0.2) is 14.6 Å². The monoisotopic (exact) mass is 394 g/mol. The van der Waals surface area contributed by atoms with Crippen LogP contribution in [0.5, 0.6) is 0 Å². The molecule has 0 saturated carbocycles. The summed E-state index contributed by atoms with van der Waals surface area (Å²) in [5.74, 6) is -0.558. The summed E-state index contributed by atoms with van der Waals surface area (Å²) in [5, 5.41) is 4.64. The highest BCUT2D eigenvalue weighted by molar-refractivity contribution is 6.27. The zero-order chi connectivity index (χ0) is 21.0. The van der Waals surface area contributed by atoms with E-state index in [0.29, 0.717) is 28.1 Å². The largest absolute Gasteiger partial charge is 0.294 e. The van der Waals surface area contributed by atoms with Gasteiger partial charge in [0.1, 0.15) is 5.52 Å². The number of benzene rings is 2. The molecule has 2 aromatic carbocycles. The predicted molar refractivity (Wildman–Crippen MR) is 114 cm³/mol. The third kappa shape index (κ3) is 2.54. The smallest absolute Gasteiger partial charge is 0.182 e. The van der Waals surface area contributed by atoms with Gasteiger partial charge in [-0.2, -0.15) is 5.10 Å². The molecule has 0 spiro atoms. The quantitative estimate of drug-likeness (QED) is 0.262. The van der Waals surface area contributed by atoms with Gasteiger partial charge in [0.25, 0.3) is 0 Å². The summed E-state index contributed by atoms with van der Waals surface area (Å²) >= 11 is 0. The van der Waals surface area contributed by atoms with Gasteiger partial charge in [-0.15, -0.1) is 0 Å². The van der Waals surface area contributed by atoms with Crippen LogP contribution in [0, 0.1) is 6.92 Å². The molecule has 0 atom stereocenters. The van der Waals surface area contributed by atoms with Crippen LogP contribution in [0.2, 0.25) is 0 Å². The number of nitrogens with zero attached hydrogens (tertiary/aromatic N) is 4. The lowest BCUT2D eigenvalue weighted by Crippen LogP contribution is -2.10. The van der Waals surface area contributed by atoms with Crippen LogP contribution in [-0.2, 0) is 9.59 Å². The molecule has 0 amide bonds. The Morgan fingerprint density at radius 1 is 0.800 bits per heavy atom. The molecule has 0 saturated heterocycles. The van der Waals surface area contributed by atoms with Gasteiger partial charge in [-0.1, -0.05) is 42.5 Å². The van der Waals surface area contributed by atoms with E-state index >= 15 is 0 Å². The zero-order valence-corrected chi connectivity index (χ0v) is 16.8. The van der Waals surface area contributed by atoms with Gasteiger partial charge in [0.05, 0.1) is 28.3 Å². The number of ketones is 2. The van der Waals surface area contributed by atoms with E-state index in [9.17, 15) is 9.59 Å². The summed E-state index contributed by atoms with van der Waals surface area (Å²) < 4.78 is 1.78. The van der Waals surface area contributed by atoms with Crippen LogP contribution >= 0.6 is 0 Å². The van der Waals surface area contributed by atoms with Gasteiger partial charge in [0, 0.05) is 11.1 Å². The molecule has 146 valence electrons. The summed E-state index contributed by atoms with van der Waals surface area (Å²) in [6, 6.07) is 17.4. The molecular weight excluding hydrogens is 376 g/mol. The Morgan fingerprint density at radius 2 is 1.43 bits per heavy atom. The molecular formula is C24H18N4O2. The average molecular weight is 394 g/mol. The van der Waals surface area contributed by atoms with E-state index in [0.717, 1.165) is 22.5 Å². The molecule has 2 heterocycles. The lowest BCUT2D eigenvalue weighted by atomic mass is 9.95. The van der Waals surface area contributed by atoms with Gasteiger partial charge < -0.3 is 0 Å². The Labute approximate surface area is 172 Å². The summed E-state index contributed by atoms with van der Waals surface area (Å²) in [6.07, 6.45) is 0. The van der Waals surface area contributed by atoms with Crippen LogP contribution in [0.15, 0.2) is 60.2 Å². The van der Waals surface area contributed by atoms with E-state index in [2.05, 4.69) is 5.10 Å². The van der Waals surface area contributed by atoms with E-state index in [1.807, 2.05) is 61.5 Å². The minimum atomic E-state index is -0.279. The Hall–Kier alpha value is -3.93. The molecule has 0 aliphatic heterocycles. The van der Waals surface area contributed by atoms with Gasteiger partial charge in [-0.3, -0.25) is 9.59 Å². The second-order valence-corrected chi connectivity index (χ2v) is 7.33. The summed E-state index contributed by atoms with van der Waals surface area (Å²) in [6.45, 7) is 4.70. The first-order chi connectivity index (χ1) is 14.5. The molecule has 0 N–H and O–H groups in total. The van der Waals surface area contributed by atoms with Crippen molar-refractivity contribution in [2.75, 3.05) is 0 Å². The van der Waals surface area contributed by atoms with Crippen molar-refractivity contribution in [1.29, 1.82) is 0 Å². The fourth-order valence-electron chi connectivity index (χ4n) is 4.06. The first-order valence-electron chi connectivity index (χ1n) is 9.66. The lowest BCUT2D eigenvalue weighted by molar-refractivity contribution is -0.119.